The van der Waals surface area contributed by atoms with E-state index in [1.165, 1.54) is 48.8 Å². The third-order valence-electron chi connectivity index (χ3n) is 5.35. The van der Waals surface area contributed by atoms with Gasteiger partial charge in [-0.2, -0.15) is 0 Å². The van der Waals surface area contributed by atoms with Crippen molar-refractivity contribution in [3.05, 3.63) is 34.4 Å². The summed E-state index contributed by atoms with van der Waals surface area (Å²) in [6.07, 6.45) is 6.75. The van der Waals surface area contributed by atoms with Gasteiger partial charge in [0.05, 0.1) is 0 Å². The smallest absolute Gasteiger partial charge is 0.00957 e. The molecule has 0 saturated heterocycles. The van der Waals surface area contributed by atoms with Crippen LogP contribution in [0.25, 0.3) is 0 Å². The Morgan fingerprint density at radius 2 is 1.75 bits per heavy atom. The molecule has 1 N–H and O–H groups in total. The molecular formula is C19H31N. The lowest BCUT2D eigenvalue weighted by molar-refractivity contribution is 0.205. The Labute approximate surface area is 125 Å². The standard InChI is InChI=1S/C19H31N/c1-6-16-7-8-19(20-5)17(11-16)12-18-14(3)9-13(2)10-15(18)4/h9-10,16-17,19-20H,6-8,11-12H2,1-5H3. The van der Waals surface area contributed by atoms with E-state index in [1.807, 2.05) is 0 Å². The first-order chi connectivity index (χ1) is 9.55. The summed E-state index contributed by atoms with van der Waals surface area (Å²) in [4.78, 5) is 0. The van der Waals surface area contributed by atoms with Gasteiger partial charge in [0.1, 0.15) is 0 Å². The predicted octanol–water partition coefficient (Wildman–Crippen LogP) is 4.57. The van der Waals surface area contributed by atoms with Gasteiger partial charge in [-0.05, 0) is 82.0 Å². The molecule has 1 aromatic rings. The van der Waals surface area contributed by atoms with Crippen LogP contribution in [0.3, 0.4) is 0 Å². The molecule has 1 fully saturated rings. The highest BCUT2D eigenvalue weighted by Crippen LogP contribution is 2.34. The largest absolute Gasteiger partial charge is 0.317 e. The Morgan fingerprint density at radius 1 is 1.10 bits per heavy atom. The molecule has 3 unspecified atom stereocenters. The molecule has 0 amide bonds. The Morgan fingerprint density at radius 3 is 2.30 bits per heavy atom. The summed E-state index contributed by atoms with van der Waals surface area (Å²) in [5.41, 5.74) is 5.95. The van der Waals surface area contributed by atoms with Gasteiger partial charge in [0.2, 0.25) is 0 Å². The Balaban J connectivity index is 2.18. The zero-order valence-corrected chi connectivity index (χ0v) is 13.9. The molecular weight excluding hydrogens is 242 g/mol. The van der Waals surface area contributed by atoms with Crippen LogP contribution in [0.4, 0.5) is 0 Å². The van der Waals surface area contributed by atoms with Crippen LogP contribution >= 0.6 is 0 Å². The van der Waals surface area contributed by atoms with Gasteiger partial charge in [0.15, 0.2) is 0 Å². The van der Waals surface area contributed by atoms with E-state index in [9.17, 15) is 0 Å². The molecule has 1 saturated carbocycles. The van der Waals surface area contributed by atoms with Crippen LogP contribution in [0.1, 0.15) is 54.9 Å². The molecule has 0 bridgehead atoms. The van der Waals surface area contributed by atoms with Crippen molar-refractivity contribution in [2.24, 2.45) is 11.8 Å². The molecule has 112 valence electrons. The van der Waals surface area contributed by atoms with Crippen LogP contribution in [0.2, 0.25) is 0 Å². The van der Waals surface area contributed by atoms with Crippen molar-refractivity contribution in [3.63, 3.8) is 0 Å². The molecule has 2 rings (SSSR count). The maximum absolute atomic E-state index is 3.57. The van der Waals surface area contributed by atoms with Crippen LogP contribution in [0.15, 0.2) is 12.1 Å². The first-order valence-corrected chi connectivity index (χ1v) is 8.29. The lowest BCUT2D eigenvalue weighted by atomic mass is 9.73. The second kappa shape index (κ2) is 6.76. The molecule has 0 radical (unpaired) electrons. The molecule has 1 aliphatic carbocycles. The Hall–Kier alpha value is -0.820. The average Bonchev–Trinajstić information content (AvgIpc) is 2.42. The predicted molar refractivity (Wildman–Crippen MR) is 88.3 cm³/mol. The fourth-order valence-electron chi connectivity index (χ4n) is 4.13. The van der Waals surface area contributed by atoms with Gasteiger partial charge in [0, 0.05) is 6.04 Å². The Kier molecular flexibility index (Phi) is 5.26. The average molecular weight is 273 g/mol. The highest BCUT2D eigenvalue weighted by Gasteiger charge is 2.29. The van der Waals surface area contributed by atoms with Crippen LogP contribution in [0, 0.1) is 32.6 Å². The number of nitrogens with one attached hydrogen (secondary N) is 1. The van der Waals surface area contributed by atoms with Crippen molar-refractivity contribution in [3.8, 4) is 0 Å². The van der Waals surface area contributed by atoms with E-state index in [0.29, 0.717) is 6.04 Å². The van der Waals surface area contributed by atoms with E-state index in [1.54, 1.807) is 5.56 Å². The maximum atomic E-state index is 3.57. The second-order valence-electron chi connectivity index (χ2n) is 6.82. The minimum Gasteiger partial charge on any atom is -0.317 e. The molecule has 1 aromatic carbocycles. The van der Waals surface area contributed by atoms with E-state index < -0.39 is 0 Å². The van der Waals surface area contributed by atoms with Crippen molar-refractivity contribution < 1.29 is 0 Å². The number of rotatable bonds is 4. The summed E-state index contributed by atoms with van der Waals surface area (Å²) in [6, 6.07) is 5.39. The van der Waals surface area contributed by atoms with Crippen molar-refractivity contribution >= 4 is 0 Å². The fourth-order valence-corrected chi connectivity index (χ4v) is 4.13. The molecule has 0 spiro atoms. The lowest BCUT2D eigenvalue weighted by Gasteiger charge is -2.36. The summed E-state index contributed by atoms with van der Waals surface area (Å²) in [5.74, 6) is 1.74. The second-order valence-corrected chi connectivity index (χ2v) is 6.82. The summed E-state index contributed by atoms with van der Waals surface area (Å²) < 4.78 is 0. The first kappa shape index (κ1) is 15.6. The molecule has 1 nitrogen and oxygen atoms in total. The van der Waals surface area contributed by atoms with Crippen molar-refractivity contribution in [2.75, 3.05) is 7.05 Å². The molecule has 20 heavy (non-hydrogen) atoms. The minimum atomic E-state index is 0.706. The lowest BCUT2D eigenvalue weighted by Crippen LogP contribution is -2.39. The number of aryl methyl sites for hydroxylation is 3. The third-order valence-corrected chi connectivity index (χ3v) is 5.35. The summed E-state index contributed by atoms with van der Waals surface area (Å²) in [5, 5.41) is 3.57. The third kappa shape index (κ3) is 3.44. The Bertz CT molecular complexity index is 426. The monoisotopic (exact) mass is 273 g/mol. The van der Waals surface area contributed by atoms with Crippen LogP contribution in [-0.2, 0) is 6.42 Å². The normalized spacial score (nSPS) is 26.8. The highest BCUT2D eigenvalue weighted by atomic mass is 14.9. The quantitative estimate of drug-likeness (QED) is 0.847. The van der Waals surface area contributed by atoms with E-state index in [2.05, 4.69) is 52.2 Å². The maximum Gasteiger partial charge on any atom is 0.00957 e. The highest BCUT2D eigenvalue weighted by molar-refractivity contribution is 5.37. The number of hydrogen-bond donors (Lipinski definition) is 1. The van der Waals surface area contributed by atoms with Crippen molar-refractivity contribution in [2.45, 2.75) is 65.8 Å². The zero-order valence-electron chi connectivity index (χ0n) is 13.9. The molecule has 0 heterocycles. The minimum absolute atomic E-state index is 0.706. The van der Waals surface area contributed by atoms with Gasteiger partial charge >= 0.3 is 0 Å². The fraction of sp³-hybridized carbons (Fsp3) is 0.684. The van der Waals surface area contributed by atoms with Crippen LogP contribution < -0.4 is 5.32 Å². The molecule has 0 aliphatic heterocycles. The molecule has 0 aromatic heterocycles. The summed E-state index contributed by atoms with van der Waals surface area (Å²) in [6.45, 7) is 9.12. The SMILES string of the molecule is CCC1CCC(NC)C(Cc2c(C)cc(C)cc2C)C1. The van der Waals surface area contributed by atoms with Gasteiger partial charge in [-0.1, -0.05) is 31.0 Å². The van der Waals surface area contributed by atoms with Crippen LogP contribution in [0.5, 0.6) is 0 Å². The van der Waals surface area contributed by atoms with Crippen LogP contribution in [-0.4, -0.2) is 13.1 Å². The van der Waals surface area contributed by atoms with Crippen molar-refractivity contribution in [1.82, 2.24) is 5.32 Å². The zero-order chi connectivity index (χ0) is 14.7. The first-order valence-electron chi connectivity index (χ1n) is 8.29. The van der Waals surface area contributed by atoms with Gasteiger partial charge in [-0.25, -0.2) is 0 Å². The van der Waals surface area contributed by atoms with Gasteiger partial charge < -0.3 is 5.32 Å². The topological polar surface area (TPSA) is 12.0 Å². The van der Waals surface area contributed by atoms with E-state index in [0.717, 1.165) is 11.8 Å². The summed E-state index contributed by atoms with van der Waals surface area (Å²) in [7, 11) is 2.14. The molecule has 3 atom stereocenters. The van der Waals surface area contributed by atoms with Gasteiger partial charge in [0.25, 0.3) is 0 Å². The van der Waals surface area contributed by atoms with Gasteiger partial charge in [-0.15, -0.1) is 0 Å². The van der Waals surface area contributed by atoms with E-state index in [4.69, 9.17) is 0 Å². The summed E-state index contributed by atoms with van der Waals surface area (Å²) >= 11 is 0. The van der Waals surface area contributed by atoms with Crippen molar-refractivity contribution in [1.29, 1.82) is 0 Å². The van der Waals surface area contributed by atoms with E-state index in [-0.39, 0.29) is 0 Å². The molecule has 1 aliphatic rings. The van der Waals surface area contributed by atoms with E-state index >= 15 is 0 Å². The number of hydrogen-bond acceptors (Lipinski definition) is 1. The van der Waals surface area contributed by atoms with Gasteiger partial charge in [-0.3, -0.25) is 0 Å². The number of benzene rings is 1. The molecule has 1 heteroatoms.